The number of rotatable bonds is 6. The maximum absolute atomic E-state index is 12.5. The number of ether oxygens (including phenoxy) is 4. The smallest absolute Gasteiger partial charge is 0.259 e. The number of hydrogen-bond acceptors (Lipinski definition) is 5. The molecule has 0 spiro atoms. The number of amides is 1. The molecule has 0 fully saturated rings. The normalized spacial score (nSPS) is 9.91. The molecule has 0 unspecified atom stereocenters. The van der Waals surface area contributed by atoms with E-state index in [9.17, 15) is 4.79 Å². The van der Waals surface area contributed by atoms with Gasteiger partial charge < -0.3 is 24.3 Å². The molecule has 1 N–H and O–H groups in total. The van der Waals surface area contributed by atoms with E-state index in [1.165, 1.54) is 21.3 Å². The summed E-state index contributed by atoms with van der Waals surface area (Å²) in [5.74, 6) is 1.66. The second-order valence-electron chi connectivity index (χ2n) is 4.59. The second kappa shape index (κ2) is 7.40. The lowest BCUT2D eigenvalue weighted by Gasteiger charge is -2.14. The van der Waals surface area contributed by atoms with Crippen LogP contribution >= 0.6 is 0 Å². The average molecular weight is 317 g/mol. The van der Waals surface area contributed by atoms with Gasteiger partial charge in [-0.1, -0.05) is 6.07 Å². The summed E-state index contributed by atoms with van der Waals surface area (Å²) in [6, 6.07) is 10.3. The number of anilines is 1. The van der Waals surface area contributed by atoms with E-state index in [1.807, 2.05) is 0 Å². The molecule has 2 rings (SSSR count). The number of carbonyl (C=O) groups excluding carboxylic acids is 1. The van der Waals surface area contributed by atoms with Crippen LogP contribution in [0, 0.1) is 0 Å². The minimum Gasteiger partial charge on any atom is -0.497 e. The topological polar surface area (TPSA) is 66.0 Å². The van der Waals surface area contributed by atoms with Gasteiger partial charge in [0.2, 0.25) is 0 Å². The van der Waals surface area contributed by atoms with Gasteiger partial charge in [0.15, 0.2) is 11.5 Å². The zero-order chi connectivity index (χ0) is 16.8. The molecule has 0 aliphatic heterocycles. The van der Waals surface area contributed by atoms with Crippen LogP contribution in [0.3, 0.4) is 0 Å². The van der Waals surface area contributed by atoms with Crippen molar-refractivity contribution in [2.45, 2.75) is 0 Å². The first-order chi connectivity index (χ1) is 11.1. The Bertz CT molecular complexity index is 699. The van der Waals surface area contributed by atoms with E-state index in [4.69, 9.17) is 18.9 Å². The first-order valence-corrected chi connectivity index (χ1v) is 6.88. The Hall–Kier alpha value is -2.89. The van der Waals surface area contributed by atoms with Crippen molar-refractivity contribution in [1.29, 1.82) is 0 Å². The highest BCUT2D eigenvalue weighted by atomic mass is 16.5. The molecule has 0 aliphatic rings. The van der Waals surface area contributed by atoms with Gasteiger partial charge in [0.05, 0.1) is 34.0 Å². The molecule has 6 nitrogen and oxygen atoms in total. The fourth-order valence-electron chi connectivity index (χ4n) is 2.11. The number of carbonyl (C=O) groups is 1. The van der Waals surface area contributed by atoms with Gasteiger partial charge in [0, 0.05) is 23.9 Å². The van der Waals surface area contributed by atoms with Crippen LogP contribution < -0.4 is 24.3 Å². The van der Waals surface area contributed by atoms with E-state index in [2.05, 4.69) is 5.32 Å². The van der Waals surface area contributed by atoms with Crippen molar-refractivity contribution in [2.24, 2.45) is 0 Å². The highest BCUT2D eigenvalue weighted by Gasteiger charge is 2.18. The molecule has 0 saturated heterocycles. The number of benzene rings is 2. The van der Waals surface area contributed by atoms with Crippen LogP contribution in [-0.2, 0) is 0 Å². The molecule has 2 aromatic rings. The minimum atomic E-state index is -0.323. The molecule has 0 aromatic heterocycles. The van der Waals surface area contributed by atoms with Gasteiger partial charge in [-0.2, -0.15) is 0 Å². The lowest BCUT2D eigenvalue weighted by Crippen LogP contribution is -2.13. The molecule has 0 saturated carbocycles. The predicted octanol–water partition coefficient (Wildman–Crippen LogP) is 2.97. The number of methoxy groups -OCH3 is 4. The van der Waals surface area contributed by atoms with E-state index >= 15 is 0 Å². The zero-order valence-corrected chi connectivity index (χ0v) is 13.5. The third-order valence-corrected chi connectivity index (χ3v) is 3.28. The minimum absolute atomic E-state index is 0.323. The van der Waals surface area contributed by atoms with E-state index < -0.39 is 0 Å². The summed E-state index contributed by atoms with van der Waals surface area (Å²) in [6.45, 7) is 0. The Balaban J connectivity index is 2.34. The van der Waals surface area contributed by atoms with Gasteiger partial charge in [0.1, 0.15) is 11.5 Å². The lowest BCUT2D eigenvalue weighted by molar-refractivity contribution is 0.102. The third kappa shape index (κ3) is 3.66. The highest BCUT2D eigenvalue weighted by Crippen LogP contribution is 2.35. The molecule has 0 aliphatic carbocycles. The van der Waals surface area contributed by atoms with Crippen LogP contribution in [0.15, 0.2) is 36.4 Å². The molecule has 6 heteroatoms. The Morgan fingerprint density at radius 3 is 2.09 bits per heavy atom. The van der Waals surface area contributed by atoms with Crippen molar-refractivity contribution in [3.8, 4) is 23.0 Å². The third-order valence-electron chi connectivity index (χ3n) is 3.28. The predicted molar refractivity (Wildman–Crippen MR) is 87.0 cm³/mol. The molecule has 0 heterocycles. The summed E-state index contributed by atoms with van der Waals surface area (Å²) >= 11 is 0. The molecule has 0 atom stereocenters. The lowest BCUT2D eigenvalue weighted by atomic mass is 10.1. The van der Waals surface area contributed by atoms with Crippen molar-refractivity contribution >= 4 is 11.6 Å². The standard InChI is InChI=1S/C17H19NO5/c1-20-12-7-5-6-11(8-12)18-17(19)13-9-15(22-3)16(23-4)10-14(13)21-2/h5-10H,1-4H3,(H,18,19). The van der Waals surface area contributed by atoms with Crippen molar-refractivity contribution in [2.75, 3.05) is 33.8 Å². The summed E-state index contributed by atoms with van der Waals surface area (Å²) in [5.41, 5.74) is 0.958. The number of hydrogen-bond donors (Lipinski definition) is 1. The van der Waals surface area contributed by atoms with Gasteiger partial charge in [-0.05, 0) is 12.1 Å². The Morgan fingerprint density at radius 2 is 1.48 bits per heavy atom. The van der Waals surface area contributed by atoms with Gasteiger partial charge >= 0.3 is 0 Å². The average Bonchev–Trinajstić information content (AvgIpc) is 2.60. The SMILES string of the molecule is COc1cccc(NC(=O)c2cc(OC)c(OC)cc2OC)c1. The maximum atomic E-state index is 12.5. The summed E-state index contributed by atoms with van der Waals surface area (Å²) in [6.07, 6.45) is 0. The fourth-order valence-corrected chi connectivity index (χ4v) is 2.11. The first-order valence-electron chi connectivity index (χ1n) is 6.88. The Labute approximate surface area is 134 Å². The number of nitrogens with one attached hydrogen (secondary N) is 1. The van der Waals surface area contributed by atoms with Gasteiger partial charge in [0.25, 0.3) is 5.91 Å². The summed E-state index contributed by atoms with van der Waals surface area (Å²) in [4.78, 5) is 12.5. The second-order valence-corrected chi connectivity index (χ2v) is 4.59. The van der Waals surface area contributed by atoms with Crippen molar-refractivity contribution in [1.82, 2.24) is 0 Å². The molecule has 122 valence electrons. The van der Waals surface area contributed by atoms with Crippen LogP contribution in [0.1, 0.15) is 10.4 Å². The van der Waals surface area contributed by atoms with Gasteiger partial charge in [-0.3, -0.25) is 4.79 Å². The molecule has 0 radical (unpaired) electrons. The molecular weight excluding hydrogens is 298 g/mol. The van der Waals surface area contributed by atoms with Crippen molar-refractivity contribution in [3.63, 3.8) is 0 Å². The van der Waals surface area contributed by atoms with E-state index in [-0.39, 0.29) is 5.91 Å². The largest absolute Gasteiger partial charge is 0.497 e. The molecular formula is C17H19NO5. The van der Waals surface area contributed by atoms with Gasteiger partial charge in [-0.15, -0.1) is 0 Å². The molecule has 1 amide bonds. The van der Waals surface area contributed by atoms with Crippen LogP contribution in [0.4, 0.5) is 5.69 Å². The van der Waals surface area contributed by atoms with E-state index in [1.54, 1.807) is 43.5 Å². The summed E-state index contributed by atoms with van der Waals surface area (Å²) < 4.78 is 20.9. The van der Waals surface area contributed by atoms with Crippen LogP contribution in [0.2, 0.25) is 0 Å². The van der Waals surface area contributed by atoms with E-state index in [0.29, 0.717) is 34.2 Å². The highest BCUT2D eigenvalue weighted by molar-refractivity contribution is 6.06. The zero-order valence-electron chi connectivity index (χ0n) is 13.5. The van der Waals surface area contributed by atoms with Crippen molar-refractivity contribution < 1.29 is 23.7 Å². The van der Waals surface area contributed by atoms with Crippen LogP contribution in [0.25, 0.3) is 0 Å². The van der Waals surface area contributed by atoms with Crippen LogP contribution in [-0.4, -0.2) is 34.3 Å². The molecule has 0 bridgehead atoms. The Kier molecular flexibility index (Phi) is 5.30. The molecule has 2 aromatic carbocycles. The van der Waals surface area contributed by atoms with Crippen LogP contribution in [0.5, 0.6) is 23.0 Å². The first kappa shape index (κ1) is 16.5. The summed E-state index contributed by atoms with van der Waals surface area (Å²) in [7, 11) is 6.09. The quantitative estimate of drug-likeness (QED) is 0.887. The Morgan fingerprint density at radius 1 is 0.826 bits per heavy atom. The maximum Gasteiger partial charge on any atom is 0.259 e. The van der Waals surface area contributed by atoms with Gasteiger partial charge in [-0.25, -0.2) is 0 Å². The van der Waals surface area contributed by atoms with Crippen molar-refractivity contribution in [3.05, 3.63) is 42.0 Å². The summed E-state index contributed by atoms with van der Waals surface area (Å²) in [5, 5.41) is 2.80. The monoisotopic (exact) mass is 317 g/mol. The fraction of sp³-hybridized carbons (Fsp3) is 0.235. The van der Waals surface area contributed by atoms with E-state index in [0.717, 1.165) is 0 Å². The molecule has 23 heavy (non-hydrogen) atoms.